The summed E-state index contributed by atoms with van der Waals surface area (Å²) in [5.41, 5.74) is 0.476. The summed E-state index contributed by atoms with van der Waals surface area (Å²) >= 11 is 5.43. The minimum absolute atomic E-state index is 0.0813. The Kier molecular flexibility index (Phi) is 1.92. The Morgan fingerprint density at radius 3 is 2.69 bits per heavy atom. The van der Waals surface area contributed by atoms with E-state index >= 15 is 0 Å². The summed E-state index contributed by atoms with van der Waals surface area (Å²) in [6.07, 6.45) is 0. The van der Waals surface area contributed by atoms with Crippen molar-refractivity contribution in [1.29, 1.82) is 0 Å². The van der Waals surface area contributed by atoms with Crippen LogP contribution < -0.4 is 0 Å². The van der Waals surface area contributed by atoms with Gasteiger partial charge in [0, 0.05) is 12.1 Å². The first-order valence-electron chi connectivity index (χ1n) is 3.51. The lowest BCUT2D eigenvalue weighted by atomic mass is 10.3. The fourth-order valence-corrected chi connectivity index (χ4v) is 1.14. The number of nitrogens with zero attached hydrogens (tertiary/aromatic N) is 1. The second-order valence-electron chi connectivity index (χ2n) is 2.48. The molecular formula is C8H4ClF2NO. The van der Waals surface area contributed by atoms with Crippen LogP contribution in [0.5, 0.6) is 0 Å². The molecule has 2 rings (SSSR count). The molecule has 0 aliphatic heterocycles. The lowest BCUT2D eigenvalue weighted by Gasteiger charge is -1.89. The van der Waals surface area contributed by atoms with Gasteiger partial charge in [-0.2, -0.15) is 0 Å². The minimum atomic E-state index is -0.954. The molecule has 0 radical (unpaired) electrons. The van der Waals surface area contributed by atoms with Gasteiger partial charge in [0.05, 0.1) is 5.88 Å². The summed E-state index contributed by atoms with van der Waals surface area (Å²) in [7, 11) is 0. The lowest BCUT2D eigenvalue weighted by Crippen LogP contribution is -1.81. The van der Waals surface area contributed by atoms with Gasteiger partial charge in [0.2, 0.25) is 5.89 Å². The molecule has 1 aromatic heterocycles. The van der Waals surface area contributed by atoms with Crippen LogP contribution in [-0.2, 0) is 5.88 Å². The van der Waals surface area contributed by atoms with Gasteiger partial charge in [0.25, 0.3) is 0 Å². The van der Waals surface area contributed by atoms with Crippen LogP contribution in [0.1, 0.15) is 5.89 Å². The van der Waals surface area contributed by atoms with Crippen LogP contribution in [0.4, 0.5) is 8.78 Å². The van der Waals surface area contributed by atoms with Gasteiger partial charge in [-0.25, -0.2) is 13.8 Å². The second kappa shape index (κ2) is 2.96. The first kappa shape index (κ1) is 8.44. The fourth-order valence-electron chi connectivity index (χ4n) is 1.03. The molecule has 1 heterocycles. The highest BCUT2D eigenvalue weighted by Gasteiger charge is 2.09. The van der Waals surface area contributed by atoms with Crippen LogP contribution in [0.3, 0.4) is 0 Å². The number of aromatic nitrogens is 1. The van der Waals surface area contributed by atoms with Crippen LogP contribution in [0, 0.1) is 11.6 Å². The highest BCUT2D eigenvalue weighted by Crippen LogP contribution is 2.19. The smallest absolute Gasteiger partial charge is 0.210 e. The van der Waals surface area contributed by atoms with E-state index in [1.807, 2.05) is 0 Å². The molecule has 0 unspecified atom stereocenters. The molecular weight excluding hydrogens is 200 g/mol. The molecule has 2 nitrogen and oxygen atoms in total. The van der Waals surface area contributed by atoms with Crippen molar-refractivity contribution in [3.8, 4) is 0 Å². The van der Waals surface area contributed by atoms with Gasteiger partial charge in [-0.3, -0.25) is 0 Å². The normalized spacial score (nSPS) is 11.0. The maximum Gasteiger partial charge on any atom is 0.210 e. The maximum absolute atomic E-state index is 12.7. The second-order valence-corrected chi connectivity index (χ2v) is 2.74. The predicted molar refractivity (Wildman–Crippen MR) is 43.5 cm³/mol. The van der Waals surface area contributed by atoms with Gasteiger partial charge < -0.3 is 4.42 Å². The van der Waals surface area contributed by atoms with Crippen LogP contribution >= 0.6 is 11.6 Å². The first-order valence-corrected chi connectivity index (χ1v) is 4.04. The molecule has 0 spiro atoms. The van der Waals surface area contributed by atoms with E-state index in [-0.39, 0.29) is 22.9 Å². The van der Waals surface area contributed by atoms with E-state index in [1.54, 1.807) is 0 Å². The van der Waals surface area contributed by atoms with Crippen molar-refractivity contribution in [3.63, 3.8) is 0 Å². The van der Waals surface area contributed by atoms with Gasteiger partial charge in [0.1, 0.15) is 5.52 Å². The predicted octanol–water partition coefficient (Wildman–Crippen LogP) is 2.84. The number of halogens is 3. The molecule has 0 atom stereocenters. The number of fused-ring (bicyclic) bond motifs is 1. The van der Waals surface area contributed by atoms with Gasteiger partial charge in [-0.05, 0) is 0 Å². The minimum Gasteiger partial charge on any atom is -0.439 e. The molecule has 2 aromatic rings. The molecule has 1 aromatic carbocycles. The molecule has 0 aliphatic rings. The van der Waals surface area contributed by atoms with Crippen molar-refractivity contribution < 1.29 is 13.2 Å². The monoisotopic (exact) mass is 203 g/mol. The first-order chi connectivity index (χ1) is 6.20. The average molecular weight is 204 g/mol. The van der Waals surface area contributed by atoms with Crippen LogP contribution in [0.2, 0.25) is 0 Å². The summed E-state index contributed by atoms with van der Waals surface area (Å²) in [6.45, 7) is 0. The zero-order valence-corrected chi connectivity index (χ0v) is 7.11. The summed E-state index contributed by atoms with van der Waals surface area (Å²) in [5.74, 6) is -1.56. The third-order valence-corrected chi connectivity index (χ3v) is 1.82. The lowest BCUT2D eigenvalue weighted by molar-refractivity contribution is 0.505. The van der Waals surface area contributed by atoms with E-state index in [1.165, 1.54) is 0 Å². The summed E-state index contributed by atoms with van der Waals surface area (Å²) < 4.78 is 30.3. The van der Waals surface area contributed by atoms with Crippen molar-refractivity contribution in [3.05, 3.63) is 29.7 Å². The Bertz CT molecular complexity index is 416. The van der Waals surface area contributed by atoms with Gasteiger partial charge in [-0.15, -0.1) is 11.6 Å². The number of benzene rings is 1. The zero-order valence-electron chi connectivity index (χ0n) is 6.35. The number of rotatable bonds is 1. The molecule has 0 aliphatic carbocycles. The van der Waals surface area contributed by atoms with E-state index < -0.39 is 11.6 Å². The molecule has 0 N–H and O–H groups in total. The molecule has 0 fully saturated rings. The average Bonchev–Trinajstić information content (AvgIpc) is 2.48. The topological polar surface area (TPSA) is 26.0 Å². The summed E-state index contributed by atoms with van der Waals surface area (Å²) in [5, 5.41) is 0. The number of oxazole rings is 1. The SMILES string of the molecule is Fc1cc2nc(CCl)oc2cc1F. The standard InChI is InChI=1S/C8H4ClF2NO/c9-3-8-12-6-1-4(10)5(11)2-7(6)13-8/h1-2H,3H2. The van der Waals surface area contributed by atoms with Crippen molar-refractivity contribution in [2.24, 2.45) is 0 Å². The van der Waals surface area contributed by atoms with Gasteiger partial charge >= 0.3 is 0 Å². The molecule has 0 amide bonds. The molecule has 5 heteroatoms. The van der Waals surface area contributed by atoms with Crippen LogP contribution in [0.25, 0.3) is 11.1 Å². The Labute approximate surface area is 77.1 Å². The Hall–Kier alpha value is -1.16. The third kappa shape index (κ3) is 1.37. The summed E-state index contributed by atoms with van der Waals surface area (Å²) in [4.78, 5) is 3.83. The largest absolute Gasteiger partial charge is 0.439 e. The van der Waals surface area contributed by atoms with E-state index in [2.05, 4.69) is 4.98 Å². The number of hydrogen-bond donors (Lipinski definition) is 0. The van der Waals surface area contributed by atoms with E-state index in [4.69, 9.17) is 16.0 Å². The Morgan fingerprint density at radius 2 is 2.00 bits per heavy atom. The Balaban J connectivity index is 2.70. The maximum atomic E-state index is 12.7. The number of alkyl halides is 1. The molecule has 68 valence electrons. The van der Waals surface area contributed by atoms with E-state index in [0.29, 0.717) is 0 Å². The van der Waals surface area contributed by atoms with Gasteiger partial charge in [0.15, 0.2) is 17.2 Å². The van der Waals surface area contributed by atoms with E-state index in [0.717, 1.165) is 12.1 Å². The number of hydrogen-bond acceptors (Lipinski definition) is 2. The molecule has 0 bridgehead atoms. The van der Waals surface area contributed by atoms with Crippen molar-refractivity contribution in [2.45, 2.75) is 5.88 Å². The van der Waals surface area contributed by atoms with Crippen LogP contribution in [-0.4, -0.2) is 4.98 Å². The fraction of sp³-hybridized carbons (Fsp3) is 0.125. The van der Waals surface area contributed by atoms with Crippen molar-refractivity contribution in [1.82, 2.24) is 4.98 Å². The Morgan fingerprint density at radius 1 is 1.31 bits per heavy atom. The molecule has 0 saturated heterocycles. The molecule has 13 heavy (non-hydrogen) atoms. The van der Waals surface area contributed by atoms with Crippen molar-refractivity contribution in [2.75, 3.05) is 0 Å². The van der Waals surface area contributed by atoms with Crippen molar-refractivity contribution >= 4 is 22.7 Å². The quantitative estimate of drug-likeness (QED) is 0.666. The highest BCUT2D eigenvalue weighted by atomic mass is 35.5. The zero-order chi connectivity index (χ0) is 9.42. The van der Waals surface area contributed by atoms with Crippen LogP contribution in [0.15, 0.2) is 16.5 Å². The van der Waals surface area contributed by atoms with E-state index in [9.17, 15) is 8.78 Å². The van der Waals surface area contributed by atoms with Gasteiger partial charge in [-0.1, -0.05) is 0 Å². The molecule has 0 saturated carbocycles. The highest BCUT2D eigenvalue weighted by molar-refractivity contribution is 6.16. The summed E-state index contributed by atoms with van der Waals surface area (Å²) in [6, 6.07) is 1.93. The third-order valence-electron chi connectivity index (χ3n) is 1.59.